The molecule has 2 aromatic heterocycles. The molecular formula is C27H26ClF2N7O2. The summed E-state index contributed by atoms with van der Waals surface area (Å²) in [5.41, 5.74) is 0.928. The second-order valence-electron chi connectivity index (χ2n) is 8.51. The molecule has 0 spiro atoms. The fourth-order valence-electron chi connectivity index (χ4n) is 3.86. The number of aliphatic hydroxyl groups excluding tert-OH is 1. The predicted molar refractivity (Wildman–Crippen MR) is 146 cm³/mol. The number of amides is 1. The summed E-state index contributed by atoms with van der Waals surface area (Å²) in [6.45, 7) is 4.03. The molecule has 0 fully saturated rings. The van der Waals surface area contributed by atoms with Crippen molar-refractivity contribution in [2.45, 2.75) is 19.8 Å². The van der Waals surface area contributed by atoms with Crippen LogP contribution in [0.3, 0.4) is 0 Å². The van der Waals surface area contributed by atoms with Crippen molar-refractivity contribution >= 4 is 45.7 Å². The topological polar surface area (TPSA) is 119 Å². The Morgan fingerprint density at radius 2 is 2.05 bits per heavy atom. The van der Waals surface area contributed by atoms with Gasteiger partial charge in [0.25, 0.3) is 0 Å². The lowest BCUT2D eigenvalue weighted by Gasteiger charge is -2.16. The second-order valence-corrected chi connectivity index (χ2v) is 8.92. The number of hydrogen-bond acceptors (Lipinski definition) is 7. The largest absolute Gasteiger partial charge is 0.395 e. The first-order valence-corrected chi connectivity index (χ1v) is 12.6. The van der Waals surface area contributed by atoms with Gasteiger partial charge in [-0.25, -0.2) is 18.7 Å². The molecule has 0 aliphatic carbocycles. The fraction of sp³-hybridized carbons (Fsp3) is 0.259. The first-order valence-electron chi connectivity index (χ1n) is 12.2. The van der Waals surface area contributed by atoms with Crippen molar-refractivity contribution in [3.8, 4) is 11.8 Å². The summed E-state index contributed by atoms with van der Waals surface area (Å²) < 4.78 is 28.7. The number of nitrogens with one attached hydrogen (secondary N) is 3. The zero-order chi connectivity index (χ0) is 27.8. The van der Waals surface area contributed by atoms with E-state index in [0.717, 1.165) is 6.54 Å². The highest BCUT2D eigenvalue weighted by atomic mass is 35.5. The Kier molecular flexibility index (Phi) is 9.38. The average Bonchev–Trinajstić information content (AvgIpc) is 3.34. The van der Waals surface area contributed by atoms with Crippen LogP contribution in [-0.4, -0.2) is 62.3 Å². The normalized spacial score (nSPS) is 10.9. The van der Waals surface area contributed by atoms with E-state index in [-0.39, 0.29) is 40.9 Å². The molecule has 0 saturated heterocycles. The SMILES string of the molecule is CCN(CCO)CCC#Cc1c(Cl)cc2c(Nc3cc(CC(=O)Nc4cccc(F)c4)[nH]n3)ncnc2c1F. The molecule has 9 nitrogen and oxygen atoms in total. The van der Waals surface area contributed by atoms with E-state index in [1.54, 1.807) is 12.1 Å². The molecule has 4 N–H and O–H groups in total. The minimum Gasteiger partial charge on any atom is -0.395 e. The van der Waals surface area contributed by atoms with Crippen molar-refractivity contribution in [2.24, 2.45) is 0 Å². The molecule has 39 heavy (non-hydrogen) atoms. The third kappa shape index (κ3) is 7.26. The van der Waals surface area contributed by atoms with E-state index in [1.165, 1.54) is 30.6 Å². The third-order valence-electron chi connectivity index (χ3n) is 5.79. The van der Waals surface area contributed by atoms with Crippen LogP contribution in [0.5, 0.6) is 0 Å². The van der Waals surface area contributed by atoms with Crippen molar-refractivity contribution in [2.75, 3.05) is 36.9 Å². The van der Waals surface area contributed by atoms with Crippen molar-refractivity contribution in [3.63, 3.8) is 0 Å². The van der Waals surface area contributed by atoms with Gasteiger partial charge in [-0.2, -0.15) is 5.10 Å². The summed E-state index contributed by atoms with van der Waals surface area (Å²) in [5.74, 6) is 4.88. The Bertz CT molecular complexity index is 1530. The molecule has 4 aromatic rings. The van der Waals surface area contributed by atoms with Crippen LogP contribution in [-0.2, 0) is 11.2 Å². The standard InChI is InChI=1S/C27H26ClF2N7O2/c1-2-37(10-11-38)9-4-3-8-20-22(28)15-21-26(25(20)30)31-16-32-27(21)34-23-13-19(35-36-23)14-24(39)33-18-7-5-6-17(29)12-18/h5-7,12-13,15-16,38H,2,4,9-11,14H2,1H3,(H,33,39)(H2,31,32,34,35,36). The van der Waals surface area contributed by atoms with Crippen molar-refractivity contribution in [1.29, 1.82) is 0 Å². The van der Waals surface area contributed by atoms with Gasteiger partial charge < -0.3 is 20.6 Å². The van der Waals surface area contributed by atoms with Crippen LogP contribution >= 0.6 is 11.6 Å². The van der Waals surface area contributed by atoms with E-state index in [9.17, 15) is 9.18 Å². The lowest BCUT2D eigenvalue weighted by Crippen LogP contribution is -2.27. The maximum absolute atomic E-state index is 15.3. The number of likely N-dealkylation sites (N-methyl/N-ethyl adjacent to an activating group) is 1. The van der Waals surface area contributed by atoms with Gasteiger partial charge in [0, 0.05) is 42.3 Å². The van der Waals surface area contributed by atoms with Crippen LogP contribution in [0.25, 0.3) is 10.9 Å². The number of halogens is 3. The van der Waals surface area contributed by atoms with Crippen molar-refractivity contribution in [1.82, 2.24) is 25.1 Å². The Hall–Kier alpha value is -4.11. The maximum Gasteiger partial charge on any atom is 0.230 e. The van der Waals surface area contributed by atoms with Crippen LogP contribution in [0, 0.1) is 23.5 Å². The molecule has 0 aliphatic rings. The molecule has 2 heterocycles. The molecule has 0 saturated carbocycles. The highest BCUT2D eigenvalue weighted by Crippen LogP contribution is 2.31. The fourth-order valence-corrected chi connectivity index (χ4v) is 4.10. The molecule has 0 atom stereocenters. The van der Waals surface area contributed by atoms with E-state index in [1.807, 2.05) is 11.8 Å². The molecular weight excluding hydrogens is 528 g/mol. The number of aromatic nitrogens is 4. The van der Waals surface area contributed by atoms with Gasteiger partial charge in [0.1, 0.15) is 23.5 Å². The third-order valence-corrected chi connectivity index (χ3v) is 6.09. The molecule has 0 radical (unpaired) electrons. The average molecular weight is 554 g/mol. The number of benzene rings is 2. The number of hydrogen-bond donors (Lipinski definition) is 4. The molecule has 1 amide bonds. The van der Waals surface area contributed by atoms with E-state index < -0.39 is 11.6 Å². The van der Waals surface area contributed by atoms with Gasteiger partial charge in [0.15, 0.2) is 11.6 Å². The second kappa shape index (κ2) is 13.1. The number of nitrogens with zero attached hydrogens (tertiary/aromatic N) is 4. The molecule has 0 bridgehead atoms. The number of carbonyl (C=O) groups is 1. The zero-order valence-electron chi connectivity index (χ0n) is 21.1. The Balaban J connectivity index is 1.47. The monoisotopic (exact) mass is 553 g/mol. The lowest BCUT2D eigenvalue weighted by molar-refractivity contribution is -0.115. The van der Waals surface area contributed by atoms with E-state index in [2.05, 4.69) is 42.6 Å². The summed E-state index contributed by atoms with van der Waals surface area (Å²) in [4.78, 5) is 22.6. The molecule has 12 heteroatoms. The molecule has 4 rings (SSSR count). The summed E-state index contributed by atoms with van der Waals surface area (Å²) in [7, 11) is 0. The highest BCUT2D eigenvalue weighted by molar-refractivity contribution is 6.32. The van der Waals surface area contributed by atoms with Crippen molar-refractivity contribution < 1.29 is 18.7 Å². The molecule has 2 aromatic carbocycles. The van der Waals surface area contributed by atoms with Crippen LogP contribution in [0.1, 0.15) is 24.6 Å². The summed E-state index contributed by atoms with van der Waals surface area (Å²) in [6.07, 6.45) is 1.67. The van der Waals surface area contributed by atoms with Gasteiger partial charge in [0.05, 0.1) is 23.6 Å². The number of carbonyl (C=O) groups excluding carboxylic acids is 1. The van der Waals surface area contributed by atoms with Crippen LogP contribution < -0.4 is 10.6 Å². The minimum atomic E-state index is -0.658. The van der Waals surface area contributed by atoms with Gasteiger partial charge in [-0.1, -0.05) is 36.4 Å². The van der Waals surface area contributed by atoms with Gasteiger partial charge in [0.2, 0.25) is 5.91 Å². The highest BCUT2D eigenvalue weighted by Gasteiger charge is 2.16. The molecule has 202 valence electrons. The van der Waals surface area contributed by atoms with Crippen LogP contribution in [0.15, 0.2) is 42.7 Å². The first kappa shape index (κ1) is 27.9. The zero-order valence-corrected chi connectivity index (χ0v) is 21.8. The smallest absolute Gasteiger partial charge is 0.230 e. The Morgan fingerprint density at radius 1 is 1.21 bits per heavy atom. The molecule has 0 unspecified atom stereocenters. The van der Waals surface area contributed by atoms with Gasteiger partial charge in [-0.05, 0) is 30.8 Å². The van der Waals surface area contributed by atoms with Crippen LogP contribution in [0.4, 0.5) is 26.1 Å². The summed E-state index contributed by atoms with van der Waals surface area (Å²) >= 11 is 6.38. The summed E-state index contributed by atoms with van der Waals surface area (Å²) in [6, 6.07) is 8.74. The number of aliphatic hydroxyl groups is 1. The predicted octanol–water partition coefficient (Wildman–Crippen LogP) is 4.27. The summed E-state index contributed by atoms with van der Waals surface area (Å²) in [5, 5.41) is 22.0. The molecule has 0 aliphatic heterocycles. The number of anilines is 3. The van der Waals surface area contributed by atoms with E-state index >= 15 is 4.39 Å². The maximum atomic E-state index is 15.3. The Labute approximate surface area is 228 Å². The quantitative estimate of drug-likeness (QED) is 0.217. The number of aromatic amines is 1. The van der Waals surface area contributed by atoms with E-state index in [0.29, 0.717) is 42.1 Å². The van der Waals surface area contributed by atoms with Crippen LogP contribution in [0.2, 0.25) is 5.02 Å². The van der Waals surface area contributed by atoms with Gasteiger partial charge >= 0.3 is 0 Å². The number of rotatable bonds is 10. The Morgan fingerprint density at radius 3 is 2.82 bits per heavy atom. The number of H-pyrrole nitrogens is 1. The van der Waals surface area contributed by atoms with E-state index in [4.69, 9.17) is 16.7 Å². The number of fused-ring (bicyclic) bond motifs is 1. The minimum absolute atomic E-state index is 0.0335. The van der Waals surface area contributed by atoms with Crippen molar-refractivity contribution in [3.05, 3.63) is 70.6 Å². The van der Waals surface area contributed by atoms with Gasteiger partial charge in [-0.15, -0.1) is 0 Å². The first-order chi connectivity index (χ1) is 18.9. The van der Waals surface area contributed by atoms with Gasteiger partial charge in [-0.3, -0.25) is 9.89 Å². The lowest BCUT2D eigenvalue weighted by atomic mass is 10.1.